The highest BCUT2D eigenvalue weighted by Crippen LogP contribution is 2.19. The highest BCUT2D eigenvalue weighted by Gasteiger charge is 2.16. The lowest BCUT2D eigenvalue weighted by Crippen LogP contribution is -2.28. The molecule has 0 aliphatic carbocycles. The molecule has 30 heavy (non-hydrogen) atoms. The average Bonchev–Trinajstić information content (AvgIpc) is 2.73. The van der Waals surface area contributed by atoms with Gasteiger partial charge in [0.05, 0.1) is 17.1 Å². The van der Waals surface area contributed by atoms with E-state index < -0.39 is 15.8 Å². The first-order valence-corrected chi connectivity index (χ1v) is 10.7. The van der Waals surface area contributed by atoms with E-state index in [1.807, 2.05) is 19.1 Å². The van der Waals surface area contributed by atoms with E-state index in [2.05, 4.69) is 10.0 Å². The van der Waals surface area contributed by atoms with Crippen molar-refractivity contribution in [1.82, 2.24) is 5.32 Å². The van der Waals surface area contributed by atoms with Gasteiger partial charge in [0.15, 0.2) is 0 Å². The summed E-state index contributed by atoms with van der Waals surface area (Å²) in [6.45, 7) is 2.19. The van der Waals surface area contributed by atoms with E-state index in [9.17, 15) is 17.6 Å². The van der Waals surface area contributed by atoms with Crippen molar-refractivity contribution in [2.24, 2.45) is 0 Å². The first-order chi connectivity index (χ1) is 14.3. The third kappa shape index (κ3) is 5.57. The lowest BCUT2D eigenvalue weighted by Gasteiger charge is -2.11. The molecule has 0 bridgehead atoms. The van der Waals surface area contributed by atoms with Gasteiger partial charge in [-0.1, -0.05) is 24.3 Å². The fourth-order valence-corrected chi connectivity index (χ4v) is 3.80. The van der Waals surface area contributed by atoms with E-state index >= 15 is 0 Å². The Labute approximate surface area is 174 Å². The normalized spacial score (nSPS) is 11.0. The zero-order valence-corrected chi connectivity index (χ0v) is 17.1. The number of carbonyl (C=O) groups excluding carboxylic acids is 1. The van der Waals surface area contributed by atoms with Crippen LogP contribution in [0.5, 0.6) is 5.75 Å². The quantitative estimate of drug-likeness (QED) is 0.536. The number of halogens is 1. The number of rotatable bonds is 8. The number of aryl methyl sites for hydroxylation is 1. The Morgan fingerprint density at radius 2 is 1.73 bits per heavy atom. The molecule has 0 spiro atoms. The van der Waals surface area contributed by atoms with Crippen molar-refractivity contribution in [3.8, 4) is 5.75 Å². The van der Waals surface area contributed by atoms with Crippen LogP contribution in [-0.2, 0) is 10.0 Å². The average molecular weight is 428 g/mol. The van der Waals surface area contributed by atoms with Gasteiger partial charge in [-0.25, -0.2) is 12.8 Å². The molecule has 1 amide bonds. The van der Waals surface area contributed by atoms with E-state index in [0.717, 1.165) is 5.56 Å². The van der Waals surface area contributed by atoms with Crippen molar-refractivity contribution in [2.45, 2.75) is 11.8 Å². The Hall–Kier alpha value is -3.39. The van der Waals surface area contributed by atoms with Crippen molar-refractivity contribution in [2.75, 3.05) is 17.9 Å². The van der Waals surface area contributed by atoms with Crippen LogP contribution in [0.2, 0.25) is 0 Å². The summed E-state index contributed by atoms with van der Waals surface area (Å²) in [4.78, 5) is 12.3. The molecule has 0 aliphatic heterocycles. The van der Waals surface area contributed by atoms with Gasteiger partial charge in [0.1, 0.15) is 18.2 Å². The predicted octanol–water partition coefficient (Wildman–Crippen LogP) is 3.74. The number of hydrogen-bond acceptors (Lipinski definition) is 4. The number of sulfonamides is 1. The Morgan fingerprint density at radius 3 is 2.43 bits per heavy atom. The summed E-state index contributed by atoms with van der Waals surface area (Å²) in [6.07, 6.45) is 0. The fraction of sp³-hybridized carbons (Fsp3) is 0.136. The van der Waals surface area contributed by atoms with Crippen LogP contribution in [0.1, 0.15) is 15.9 Å². The summed E-state index contributed by atoms with van der Waals surface area (Å²) in [5.74, 6) is -0.392. The van der Waals surface area contributed by atoms with Crippen molar-refractivity contribution >= 4 is 21.6 Å². The highest BCUT2D eigenvalue weighted by atomic mass is 32.2. The first-order valence-electron chi connectivity index (χ1n) is 9.20. The van der Waals surface area contributed by atoms with Crippen molar-refractivity contribution in [1.29, 1.82) is 0 Å². The third-order valence-electron chi connectivity index (χ3n) is 4.27. The Bertz CT molecular complexity index is 1130. The van der Waals surface area contributed by atoms with Crippen LogP contribution in [0.25, 0.3) is 0 Å². The second kappa shape index (κ2) is 9.41. The molecule has 8 heteroatoms. The molecule has 0 radical (unpaired) electrons. The van der Waals surface area contributed by atoms with E-state index in [1.165, 1.54) is 42.5 Å². The second-order valence-corrected chi connectivity index (χ2v) is 8.19. The first kappa shape index (κ1) is 21.3. The fourth-order valence-electron chi connectivity index (χ4n) is 2.67. The molecule has 3 aromatic rings. The lowest BCUT2D eigenvalue weighted by atomic mass is 10.2. The maximum Gasteiger partial charge on any atom is 0.261 e. The predicted molar refractivity (Wildman–Crippen MR) is 113 cm³/mol. The minimum Gasteiger partial charge on any atom is -0.492 e. The monoisotopic (exact) mass is 428 g/mol. The molecule has 0 saturated heterocycles. The van der Waals surface area contributed by atoms with Crippen LogP contribution in [-0.4, -0.2) is 27.5 Å². The molecule has 0 atom stereocenters. The summed E-state index contributed by atoms with van der Waals surface area (Å²) in [5, 5.41) is 2.67. The number of ether oxygens (including phenoxy) is 1. The van der Waals surface area contributed by atoms with Gasteiger partial charge in [-0.3, -0.25) is 9.52 Å². The van der Waals surface area contributed by atoms with Gasteiger partial charge in [-0.05, 0) is 55.0 Å². The largest absolute Gasteiger partial charge is 0.492 e. The standard InChI is InChI=1S/C22H21FN2O4S/c1-16-5-2-3-8-21(16)25-30(27,28)20-11-9-17(10-12-20)22(26)24-13-14-29-19-7-4-6-18(23)15-19/h2-12,15,25H,13-14H2,1H3,(H,24,26). The SMILES string of the molecule is Cc1ccccc1NS(=O)(=O)c1ccc(C(=O)NCCOc2cccc(F)c2)cc1. The molecule has 0 heterocycles. The number of amides is 1. The number of benzene rings is 3. The Balaban J connectivity index is 1.55. The van der Waals surface area contributed by atoms with Crippen LogP contribution in [0, 0.1) is 12.7 Å². The molecule has 0 aliphatic rings. The molecular weight excluding hydrogens is 407 g/mol. The van der Waals surface area contributed by atoms with E-state index in [-0.39, 0.29) is 24.0 Å². The van der Waals surface area contributed by atoms with Crippen LogP contribution in [0.15, 0.2) is 77.7 Å². The molecule has 0 aromatic heterocycles. The number of carbonyl (C=O) groups is 1. The minimum atomic E-state index is -3.77. The van der Waals surface area contributed by atoms with Crippen molar-refractivity contribution < 1.29 is 22.3 Å². The molecule has 0 fully saturated rings. The maximum atomic E-state index is 13.1. The number of para-hydroxylation sites is 1. The third-order valence-corrected chi connectivity index (χ3v) is 5.65. The molecule has 6 nitrogen and oxygen atoms in total. The summed E-state index contributed by atoms with van der Waals surface area (Å²) >= 11 is 0. The Morgan fingerprint density at radius 1 is 1.00 bits per heavy atom. The summed E-state index contributed by atoms with van der Waals surface area (Å²) < 4.78 is 46.1. The highest BCUT2D eigenvalue weighted by molar-refractivity contribution is 7.92. The second-order valence-electron chi connectivity index (χ2n) is 6.51. The van der Waals surface area contributed by atoms with E-state index in [4.69, 9.17) is 4.74 Å². The molecule has 3 rings (SSSR count). The Kier molecular flexibility index (Phi) is 6.68. The summed E-state index contributed by atoms with van der Waals surface area (Å²) in [5.41, 5.74) is 1.62. The van der Waals surface area contributed by atoms with Gasteiger partial charge in [-0.15, -0.1) is 0 Å². The maximum absolute atomic E-state index is 13.1. The molecule has 2 N–H and O–H groups in total. The summed E-state index contributed by atoms with van der Waals surface area (Å²) in [6, 6.07) is 18.4. The van der Waals surface area contributed by atoms with Crippen molar-refractivity contribution in [3.63, 3.8) is 0 Å². The molecular formula is C22H21FN2O4S. The van der Waals surface area contributed by atoms with E-state index in [0.29, 0.717) is 17.0 Å². The lowest BCUT2D eigenvalue weighted by molar-refractivity contribution is 0.0947. The van der Waals surface area contributed by atoms with Gasteiger partial charge in [0.2, 0.25) is 0 Å². The van der Waals surface area contributed by atoms with Crippen LogP contribution >= 0.6 is 0 Å². The molecule has 156 valence electrons. The molecule has 3 aromatic carbocycles. The van der Waals surface area contributed by atoms with Gasteiger partial charge >= 0.3 is 0 Å². The minimum absolute atomic E-state index is 0.0525. The smallest absolute Gasteiger partial charge is 0.261 e. The van der Waals surface area contributed by atoms with Crippen LogP contribution < -0.4 is 14.8 Å². The van der Waals surface area contributed by atoms with Crippen LogP contribution in [0.3, 0.4) is 0 Å². The van der Waals surface area contributed by atoms with Gasteiger partial charge in [0.25, 0.3) is 15.9 Å². The molecule has 0 unspecified atom stereocenters. The zero-order chi connectivity index (χ0) is 21.6. The van der Waals surface area contributed by atoms with Crippen LogP contribution in [0.4, 0.5) is 10.1 Å². The molecule has 0 saturated carbocycles. The van der Waals surface area contributed by atoms with Gasteiger partial charge in [0, 0.05) is 11.6 Å². The van der Waals surface area contributed by atoms with E-state index in [1.54, 1.807) is 18.2 Å². The number of anilines is 1. The topological polar surface area (TPSA) is 84.5 Å². The van der Waals surface area contributed by atoms with Gasteiger partial charge < -0.3 is 10.1 Å². The zero-order valence-electron chi connectivity index (χ0n) is 16.3. The summed E-state index contributed by atoms with van der Waals surface area (Å²) in [7, 11) is -3.77. The van der Waals surface area contributed by atoms with Gasteiger partial charge in [-0.2, -0.15) is 0 Å². The number of hydrogen-bond donors (Lipinski definition) is 2. The van der Waals surface area contributed by atoms with Crippen molar-refractivity contribution in [3.05, 3.63) is 89.7 Å². The number of nitrogens with one attached hydrogen (secondary N) is 2.